The number of anilines is 2. The molecule has 2 aromatic carbocycles. The molecule has 198 valence electrons. The first-order valence-electron chi connectivity index (χ1n) is 12.1. The van der Waals surface area contributed by atoms with Gasteiger partial charge in [0.2, 0.25) is 0 Å². The molecular weight excluding hydrogens is 509 g/mol. The smallest absolute Gasteiger partial charge is 0.187 e. The highest BCUT2D eigenvalue weighted by Gasteiger charge is 2.32. The minimum Gasteiger partial charge on any atom is -0.497 e. The summed E-state index contributed by atoms with van der Waals surface area (Å²) in [6.07, 6.45) is 1.07. The van der Waals surface area contributed by atoms with Crippen LogP contribution in [0.1, 0.15) is 10.4 Å². The first-order chi connectivity index (χ1) is 18.5. The van der Waals surface area contributed by atoms with Crippen LogP contribution in [0.25, 0.3) is 10.4 Å². The number of aromatic nitrogens is 3. The van der Waals surface area contributed by atoms with E-state index in [0.29, 0.717) is 37.2 Å². The van der Waals surface area contributed by atoms with E-state index in [4.69, 9.17) is 9.47 Å². The Labute approximate surface area is 223 Å². The van der Waals surface area contributed by atoms with Gasteiger partial charge in [-0.15, -0.1) is 16.4 Å². The van der Waals surface area contributed by atoms with Gasteiger partial charge in [0.05, 0.1) is 33.0 Å². The normalized spacial score (nSPS) is 17.1. The number of hydrogen-bond donors (Lipinski definition) is 1. The molecular formula is C27H28FN5O4S. The van der Waals surface area contributed by atoms with Crippen molar-refractivity contribution in [3.63, 3.8) is 0 Å². The second kappa shape index (κ2) is 11.3. The van der Waals surface area contributed by atoms with Gasteiger partial charge in [-0.25, -0.2) is 9.07 Å². The molecule has 0 radical (unpaired) electrons. The van der Waals surface area contributed by atoms with E-state index in [1.165, 1.54) is 17.4 Å². The van der Waals surface area contributed by atoms with Crippen molar-refractivity contribution < 1.29 is 23.8 Å². The highest BCUT2D eigenvalue weighted by molar-refractivity contribution is 7.15. The second-order valence-electron chi connectivity index (χ2n) is 9.00. The van der Waals surface area contributed by atoms with Gasteiger partial charge in [-0.1, -0.05) is 17.3 Å². The summed E-state index contributed by atoms with van der Waals surface area (Å²) < 4.78 is 27.7. The summed E-state index contributed by atoms with van der Waals surface area (Å²) in [4.78, 5) is 17.0. The number of ether oxygens (including phenoxy) is 2. The molecule has 4 aromatic rings. The summed E-state index contributed by atoms with van der Waals surface area (Å²) in [5, 5.41) is 17.7. The molecule has 1 aliphatic rings. The highest BCUT2D eigenvalue weighted by Crippen LogP contribution is 2.34. The van der Waals surface area contributed by atoms with Crippen LogP contribution in [-0.4, -0.2) is 66.0 Å². The van der Waals surface area contributed by atoms with Gasteiger partial charge in [-0.2, -0.15) is 0 Å². The van der Waals surface area contributed by atoms with Crippen molar-refractivity contribution in [2.75, 3.05) is 37.1 Å². The molecule has 3 heterocycles. The van der Waals surface area contributed by atoms with Gasteiger partial charge in [0, 0.05) is 34.6 Å². The average molecular weight is 538 g/mol. The Morgan fingerprint density at radius 3 is 2.76 bits per heavy atom. The molecule has 11 heteroatoms. The summed E-state index contributed by atoms with van der Waals surface area (Å²) in [5.41, 5.74) is 2.10. The lowest BCUT2D eigenvalue weighted by Gasteiger charge is -2.21. The van der Waals surface area contributed by atoms with Crippen LogP contribution in [0.15, 0.2) is 60.8 Å². The van der Waals surface area contributed by atoms with Crippen molar-refractivity contribution in [1.29, 1.82) is 0 Å². The van der Waals surface area contributed by atoms with E-state index in [2.05, 4.69) is 15.2 Å². The number of aliphatic hydroxyl groups is 1. The Morgan fingerprint density at radius 1 is 1.24 bits per heavy atom. The molecule has 0 bridgehead atoms. The minimum atomic E-state index is -0.839. The number of benzene rings is 2. The Bertz CT molecular complexity index is 1390. The lowest BCUT2D eigenvalue weighted by molar-refractivity contribution is -0.117. The number of hydrogen-bond acceptors (Lipinski definition) is 9. The number of aliphatic hydroxyl groups excluding tert-OH is 1. The predicted octanol–water partition coefficient (Wildman–Crippen LogP) is 3.56. The molecule has 1 saturated heterocycles. The molecule has 0 amide bonds. The molecule has 2 unspecified atom stereocenters. The van der Waals surface area contributed by atoms with E-state index in [9.17, 15) is 9.90 Å². The Hall–Kier alpha value is -3.80. The average Bonchev–Trinajstić information content (AvgIpc) is 3.69. The van der Waals surface area contributed by atoms with Crippen LogP contribution in [-0.2, 0) is 22.6 Å². The van der Waals surface area contributed by atoms with Crippen LogP contribution >= 0.6 is 11.3 Å². The summed E-state index contributed by atoms with van der Waals surface area (Å²) in [5.74, 6) is 1.28. The van der Waals surface area contributed by atoms with Crippen molar-refractivity contribution in [3.8, 4) is 16.2 Å². The zero-order valence-electron chi connectivity index (χ0n) is 21.0. The van der Waals surface area contributed by atoms with Crippen LogP contribution in [0.4, 0.5) is 15.9 Å². The molecule has 0 saturated carbocycles. The third kappa shape index (κ3) is 5.40. The lowest BCUT2D eigenvalue weighted by atomic mass is 10.1. The van der Waals surface area contributed by atoms with Gasteiger partial charge < -0.3 is 24.4 Å². The Balaban J connectivity index is 1.27. The van der Waals surface area contributed by atoms with Gasteiger partial charge in [0.15, 0.2) is 12.5 Å². The quantitative estimate of drug-likeness (QED) is 0.307. The number of carbonyl (C=O) groups excluding carboxylic acids is 1. The standard InChI is InChI=1S/C27H28FN5O4S/c1-31(26-12-29-30-33(26)13-18-3-6-20(36-2)7-4-18)15-22-8-10-25(38-22)23-9-5-19(11-24(23)28)32-14-21(16-34)37-27(32)17-35/h3-12,17,21,27,34H,13-16H2,1-2H3. The number of nitrogens with zero attached hydrogens (tertiary/aromatic N) is 5. The number of methoxy groups -OCH3 is 1. The summed E-state index contributed by atoms with van der Waals surface area (Å²) in [6.45, 7) is 1.29. The fourth-order valence-corrected chi connectivity index (χ4v) is 5.55. The monoisotopic (exact) mass is 537 g/mol. The molecule has 0 aliphatic carbocycles. The van der Waals surface area contributed by atoms with E-state index in [1.54, 1.807) is 30.3 Å². The van der Waals surface area contributed by atoms with E-state index >= 15 is 4.39 Å². The van der Waals surface area contributed by atoms with E-state index < -0.39 is 12.3 Å². The molecule has 0 spiro atoms. The second-order valence-corrected chi connectivity index (χ2v) is 10.2. The number of carbonyl (C=O) groups is 1. The van der Waals surface area contributed by atoms with Crippen LogP contribution in [0, 0.1) is 5.82 Å². The zero-order valence-corrected chi connectivity index (χ0v) is 21.8. The number of halogens is 1. The van der Waals surface area contributed by atoms with E-state index in [-0.39, 0.29) is 12.4 Å². The molecule has 5 rings (SSSR count). The topological polar surface area (TPSA) is 93.0 Å². The van der Waals surface area contributed by atoms with Crippen LogP contribution in [0.5, 0.6) is 5.75 Å². The fraction of sp³-hybridized carbons (Fsp3) is 0.296. The largest absolute Gasteiger partial charge is 0.497 e. The minimum absolute atomic E-state index is 0.202. The van der Waals surface area contributed by atoms with E-state index in [0.717, 1.165) is 26.9 Å². The van der Waals surface area contributed by atoms with Gasteiger partial charge in [0.25, 0.3) is 0 Å². The van der Waals surface area contributed by atoms with Crippen LogP contribution in [0.3, 0.4) is 0 Å². The van der Waals surface area contributed by atoms with Crippen molar-refractivity contribution in [2.24, 2.45) is 0 Å². The van der Waals surface area contributed by atoms with Gasteiger partial charge in [-0.3, -0.25) is 4.79 Å². The maximum absolute atomic E-state index is 15.2. The van der Waals surface area contributed by atoms with Gasteiger partial charge in [-0.05, 0) is 48.0 Å². The molecule has 2 atom stereocenters. The summed E-state index contributed by atoms with van der Waals surface area (Å²) in [6, 6.07) is 16.6. The summed E-state index contributed by atoms with van der Waals surface area (Å²) in [7, 11) is 3.61. The van der Waals surface area contributed by atoms with Crippen molar-refractivity contribution in [3.05, 3.63) is 77.1 Å². The third-order valence-electron chi connectivity index (χ3n) is 6.44. The SMILES string of the molecule is COc1ccc(Cn2nncc2N(C)Cc2ccc(-c3ccc(N4CC(CO)OC4C=O)cc3F)s2)cc1. The highest BCUT2D eigenvalue weighted by atomic mass is 32.1. The van der Waals surface area contributed by atoms with Crippen molar-refractivity contribution in [1.82, 2.24) is 15.0 Å². The Kier molecular flexibility index (Phi) is 7.68. The number of thiophene rings is 1. The van der Waals surface area contributed by atoms with Crippen LogP contribution < -0.4 is 14.5 Å². The number of aldehydes is 1. The third-order valence-corrected chi connectivity index (χ3v) is 7.55. The maximum atomic E-state index is 15.2. The van der Waals surface area contributed by atoms with Crippen molar-refractivity contribution in [2.45, 2.75) is 25.4 Å². The molecule has 1 fully saturated rings. The summed E-state index contributed by atoms with van der Waals surface area (Å²) >= 11 is 1.51. The first kappa shape index (κ1) is 25.8. The van der Waals surface area contributed by atoms with Crippen molar-refractivity contribution >= 4 is 29.1 Å². The fourth-order valence-electron chi connectivity index (χ4n) is 4.46. The predicted molar refractivity (Wildman–Crippen MR) is 143 cm³/mol. The number of rotatable bonds is 10. The van der Waals surface area contributed by atoms with E-state index in [1.807, 2.05) is 48.1 Å². The van der Waals surface area contributed by atoms with Crippen LogP contribution in [0.2, 0.25) is 0 Å². The first-order valence-corrected chi connectivity index (χ1v) is 12.9. The molecule has 2 aromatic heterocycles. The molecule has 1 N–H and O–H groups in total. The Morgan fingerprint density at radius 2 is 2.05 bits per heavy atom. The lowest BCUT2D eigenvalue weighted by Crippen LogP contribution is -2.31. The molecule has 9 nitrogen and oxygen atoms in total. The van der Waals surface area contributed by atoms with Gasteiger partial charge in [0.1, 0.15) is 23.5 Å². The van der Waals surface area contributed by atoms with Gasteiger partial charge >= 0.3 is 0 Å². The maximum Gasteiger partial charge on any atom is 0.187 e. The molecule has 1 aliphatic heterocycles. The molecule has 38 heavy (non-hydrogen) atoms. The zero-order chi connectivity index (χ0) is 26.6.